The van der Waals surface area contributed by atoms with Crippen LogP contribution in [0, 0.1) is 6.92 Å². The van der Waals surface area contributed by atoms with Crippen LogP contribution < -0.4 is 5.32 Å². The van der Waals surface area contributed by atoms with E-state index in [0.717, 1.165) is 11.1 Å². The van der Waals surface area contributed by atoms with Crippen molar-refractivity contribution < 1.29 is 9.21 Å². The molecule has 0 bridgehead atoms. The van der Waals surface area contributed by atoms with E-state index in [-0.39, 0.29) is 5.91 Å². The molecule has 0 spiro atoms. The highest BCUT2D eigenvalue weighted by atomic mass is 32.2. The first-order valence-corrected chi connectivity index (χ1v) is 10.6. The van der Waals surface area contributed by atoms with Crippen LogP contribution in [0.15, 0.2) is 50.5 Å². The van der Waals surface area contributed by atoms with Crippen LogP contribution in [0.2, 0.25) is 0 Å². The molecule has 3 heterocycles. The number of carbonyl (C=O) groups is 1. The third-order valence-electron chi connectivity index (χ3n) is 3.50. The molecule has 0 radical (unpaired) electrons. The summed E-state index contributed by atoms with van der Waals surface area (Å²) in [6.45, 7) is 1.90. The maximum atomic E-state index is 12.2. The number of aromatic nitrogens is 4. The average Bonchev–Trinajstić information content (AvgIpc) is 3.41. The van der Waals surface area contributed by atoms with Crippen LogP contribution in [0.5, 0.6) is 0 Å². The molecule has 1 N–H and O–H groups in total. The van der Waals surface area contributed by atoms with Crippen molar-refractivity contribution in [3.63, 3.8) is 0 Å². The van der Waals surface area contributed by atoms with Crippen molar-refractivity contribution in [3.05, 3.63) is 58.1 Å². The van der Waals surface area contributed by atoms with Crippen LogP contribution in [0.25, 0.3) is 11.5 Å². The van der Waals surface area contributed by atoms with Gasteiger partial charge < -0.3 is 4.42 Å². The summed E-state index contributed by atoms with van der Waals surface area (Å²) in [6.07, 6.45) is 0. The maximum absolute atomic E-state index is 12.2. The minimum atomic E-state index is -0.167. The van der Waals surface area contributed by atoms with Gasteiger partial charge in [-0.05, 0) is 36.1 Å². The van der Waals surface area contributed by atoms with E-state index < -0.39 is 0 Å². The summed E-state index contributed by atoms with van der Waals surface area (Å²) in [5.41, 5.74) is 1.83. The molecule has 1 amide bonds. The van der Waals surface area contributed by atoms with Crippen LogP contribution in [0.1, 0.15) is 21.1 Å². The SMILES string of the molecule is Cc1ccsc1C(=O)Nc1nnc(SCc2nnc(-c3ccccc3)o2)s1. The molecule has 136 valence electrons. The number of hydrogen-bond acceptors (Lipinski definition) is 9. The lowest BCUT2D eigenvalue weighted by molar-refractivity contribution is 0.103. The minimum Gasteiger partial charge on any atom is -0.420 e. The molecule has 4 rings (SSSR count). The Morgan fingerprint density at radius 3 is 2.78 bits per heavy atom. The molecule has 0 aliphatic carbocycles. The summed E-state index contributed by atoms with van der Waals surface area (Å²) in [7, 11) is 0. The fraction of sp³-hybridized carbons (Fsp3) is 0.118. The van der Waals surface area contributed by atoms with E-state index in [9.17, 15) is 4.79 Å². The molecule has 0 fully saturated rings. The molecular formula is C17H13N5O2S3. The first kappa shape index (κ1) is 17.8. The van der Waals surface area contributed by atoms with E-state index in [2.05, 4.69) is 25.7 Å². The third kappa shape index (κ3) is 4.24. The van der Waals surface area contributed by atoms with E-state index in [1.54, 1.807) is 0 Å². The van der Waals surface area contributed by atoms with Gasteiger partial charge in [-0.1, -0.05) is 41.3 Å². The van der Waals surface area contributed by atoms with Crippen LogP contribution in [-0.4, -0.2) is 26.3 Å². The molecular weight excluding hydrogens is 402 g/mol. The Bertz CT molecular complexity index is 1060. The lowest BCUT2D eigenvalue weighted by Crippen LogP contribution is -2.10. The van der Waals surface area contributed by atoms with Gasteiger partial charge in [-0.2, -0.15) is 0 Å². The highest BCUT2D eigenvalue weighted by molar-refractivity contribution is 8.00. The highest BCUT2D eigenvalue weighted by Crippen LogP contribution is 2.29. The monoisotopic (exact) mass is 415 g/mol. The molecule has 1 aromatic carbocycles. The average molecular weight is 416 g/mol. The fourth-order valence-corrected chi connectivity index (χ4v) is 4.61. The minimum absolute atomic E-state index is 0.167. The predicted octanol–water partition coefficient (Wildman–Crippen LogP) is 4.50. The summed E-state index contributed by atoms with van der Waals surface area (Å²) in [5, 5.41) is 21.3. The second-order valence-corrected chi connectivity index (χ2v) is 8.53. The van der Waals surface area contributed by atoms with Gasteiger partial charge in [0, 0.05) is 5.56 Å². The quantitative estimate of drug-likeness (QED) is 0.366. The zero-order valence-electron chi connectivity index (χ0n) is 14.1. The summed E-state index contributed by atoms with van der Waals surface area (Å²) >= 11 is 4.14. The molecule has 0 aliphatic heterocycles. The van der Waals surface area contributed by atoms with Gasteiger partial charge in [-0.15, -0.1) is 31.7 Å². The van der Waals surface area contributed by atoms with E-state index in [1.807, 2.05) is 48.7 Å². The Morgan fingerprint density at radius 2 is 2.00 bits per heavy atom. The standard InChI is InChI=1S/C17H13N5O2S3/c1-10-7-8-25-13(10)14(23)18-16-21-22-17(27-16)26-9-12-19-20-15(24-12)11-5-3-2-4-6-11/h2-8H,9H2,1H3,(H,18,21,23). The number of hydrogen-bond donors (Lipinski definition) is 1. The van der Waals surface area contributed by atoms with Crippen molar-refractivity contribution in [2.45, 2.75) is 17.0 Å². The van der Waals surface area contributed by atoms with E-state index in [4.69, 9.17) is 4.42 Å². The van der Waals surface area contributed by atoms with Gasteiger partial charge in [0.2, 0.25) is 16.9 Å². The predicted molar refractivity (Wildman–Crippen MR) is 106 cm³/mol. The van der Waals surface area contributed by atoms with Crippen molar-refractivity contribution in [2.75, 3.05) is 5.32 Å². The number of thiophene rings is 1. The molecule has 0 unspecified atom stereocenters. The molecule has 27 heavy (non-hydrogen) atoms. The Morgan fingerprint density at radius 1 is 1.15 bits per heavy atom. The smallest absolute Gasteiger partial charge is 0.267 e. The fourth-order valence-electron chi connectivity index (χ4n) is 2.21. The Balaban J connectivity index is 1.35. The molecule has 0 saturated carbocycles. The molecule has 7 nitrogen and oxygen atoms in total. The molecule has 0 saturated heterocycles. The summed E-state index contributed by atoms with van der Waals surface area (Å²) < 4.78 is 6.39. The number of anilines is 1. The Hall–Kier alpha value is -2.56. The first-order chi connectivity index (χ1) is 13.2. The van der Waals surface area contributed by atoms with Gasteiger partial charge in [0.15, 0.2) is 4.34 Å². The van der Waals surface area contributed by atoms with Crippen LogP contribution >= 0.6 is 34.4 Å². The number of nitrogens with zero attached hydrogens (tertiary/aromatic N) is 4. The number of amides is 1. The summed E-state index contributed by atoms with van der Waals surface area (Å²) in [5.74, 6) is 1.31. The zero-order chi connectivity index (χ0) is 18.6. The molecule has 4 aromatic rings. The van der Waals surface area contributed by atoms with Gasteiger partial charge in [0.1, 0.15) is 0 Å². The van der Waals surface area contributed by atoms with E-state index >= 15 is 0 Å². The van der Waals surface area contributed by atoms with Crippen molar-refractivity contribution in [3.8, 4) is 11.5 Å². The lowest BCUT2D eigenvalue weighted by atomic mass is 10.2. The normalized spacial score (nSPS) is 10.9. The van der Waals surface area contributed by atoms with Gasteiger partial charge in [-0.3, -0.25) is 10.1 Å². The van der Waals surface area contributed by atoms with Crippen LogP contribution in [0.3, 0.4) is 0 Å². The zero-order valence-corrected chi connectivity index (χ0v) is 16.5. The largest absolute Gasteiger partial charge is 0.420 e. The maximum Gasteiger partial charge on any atom is 0.267 e. The van der Waals surface area contributed by atoms with Crippen LogP contribution in [-0.2, 0) is 5.75 Å². The number of benzene rings is 1. The van der Waals surface area contributed by atoms with Crippen molar-refractivity contribution in [1.82, 2.24) is 20.4 Å². The van der Waals surface area contributed by atoms with Crippen molar-refractivity contribution in [2.24, 2.45) is 0 Å². The molecule has 0 atom stereocenters. The van der Waals surface area contributed by atoms with Gasteiger partial charge in [0.05, 0.1) is 10.6 Å². The van der Waals surface area contributed by atoms with Crippen molar-refractivity contribution in [1.29, 1.82) is 0 Å². The van der Waals surface area contributed by atoms with E-state index in [0.29, 0.717) is 31.9 Å². The Labute approximate surface area is 166 Å². The number of aryl methyl sites for hydroxylation is 1. The molecule has 3 aromatic heterocycles. The Kier molecular flexibility index (Phi) is 5.28. The molecule has 10 heteroatoms. The van der Waals surface area contributed by atoms with Gasteiger partial charge in [-0.25, -0.2) is 0 Å². The van der Waals surface area contributed by atoms with Crippen molar-refractivity contribution >= 4 is 45.5 Å². The number of thioether (sulfide) groups is 1. The summed E-state index contributed by atoms with van der Waals surface area (Å²) in [4.78, 5) is 12.9. The second kappa shape index (κ2) is 7.99. The van der Waals surface area contributed by atoms with Crippen LogP contribution in [0.4, 0.5) is 5.13 Å². The lowest BCUT2D eigenvalue weighted by Gasteiger charge is -1.98. The number of carbonyl (C=O) groups excluding carboxylic acids is 1. The first-order valence-electron chi connectivity index (χ1n) is 7.88. The van der Waals surface area contributed by atoms with Gasteiger partial charge in [0.25, 0.3) is 5.91 Å². The number of rotatable bonds is 6. The highest BCUT2D eigenvalue weighted by Gasteiger charge is 2.15. The van der Waals surface area contributed by atoms with E-state index in [1.165, 1.54) is 34.4 Å². The second-order valence-electron chi connectivity index (χ2n) is 5.42. The number of nitrogens with one attached hydrogen (secondary N) is 1. The topological polar surface area (TPSA) is 93.8 Å². The van der Waals surface area contributed by atoms with Gasteiger partial charge >= 0.3 is 0 Å². The summed E-state index contributed by atoms with van der Waals surface area (Å²) in [6, 6.07) is 11.5. The third-order valence-corrected chi connectivity index (χ3v) is 6.47. The molecule has 0 aliphatic rings.